The molecule has 0 aromatic carbocycles. The highest BCUT2D eigenvalue weighted by Crippen LogP contribution is 2.03. The number of rotatable bonds is 7. The van der Waals surface area contributed by atoms with E-state index in [1.54, 1.807) is 0 Å². The third-order valence-electron chi connectivity index (χ3n) is 2.66. The summed E-state index contributed by atoms with van der Waals surface area (Å²) in [6.45, 7) is 14.0. The fraction of sp³-hybridized carbons (Fsp3) is 0.786. The predicted octanol–water partition coefficient (Wildman–Crippen LogP) is 1.29. The Labute approximate surface area is 112 Å². The second kappa shape index (κ2) is 9.78. The number of terminal acetylenes is 1. The lowest BCUT2D eigenvalue weighted by Gasteiger charge is -2.29. The molecule has 0 bridgehead atoms. The van der Waals surface area contributed by atoms with E-state index in [-0.39, 0.29) is 0 Å². The average Bonchev–Trinajstić information content (AvgIpc) is 2.30. The summed E-state index contributed by atoms with van der Waals surface area (Å²) >= 11 is 0. The van der Waals surface area contributed by atoms with Crippen molar-refractivity contribution in [3.8, 4) is 12.3 Å². The van der Waals surface area contributed by atoms with Crippen molar-refractivity contribution in [1.82, 2.24) is 15.5 Å². The van der Waals surface area contributed by atoms with Crippen LogP contribution in [0, 0.1) is 12.3 Å². The number of nitrogens with one attached hydrogen (secondary N) is 2. The highest BCUT2D eigenvalue weighted by atomic mass is 15.2. The molecule has 0 amide bonds. The summed E-state index contributed by atoms with van der Waals surface area (Å²) in [6, 6.07) is 1.09. The molecule has 18 heavy (non-hydrogen) atoms. The molecule has 4 nitrogen and oxygen atoms in total. The van der Waals surface area contributed by atoms with Crippen LogP contribution in [0.3, 0.4) is 0 Å². The van der Waals surface area contributed by atoms with Crippen LogP contribution in [-0.4, -0.2) is 49.1 Å². The second-order valence-electron chi connectivity index (χ2n) is 4.74. The Balaban J connectivity index is 4.26. The summed E-state index contributed by atoms with van der Waals surface area (Å²) in [5.41, 5.74) is 0. The summed E-state index contributed by atoms with van der Waals surface area (Å²) in [6.07, 6.45) is 5.23. The van der Waals surface area contributed by atoms with Gasteiger partial charge in [0.2, 0.25) is 0 Å². The van der Waals surface area contributed by atoms with E-state index in [1.807, 2.05) is 6.92 Å². The summed E-state index contributed by atoms with van der Waals surface area (Å²) in [4.78, 5) is 6.94. The molecule has 0 spiro atoms. The Bertz CT molecular complexity index is 268. The Hall–Kier alpha value is -1.21. The Morgan fingerprint density at radius 3 is 2.28 bits per heavy atom. The van der Waals surface area contributed by atoms with Gasteiger partial charge < -0.3 is 10.6 Å². The average molecular weight is 252 g/mol. The van der Waals surface area contributed by atoms with Crippen molar-refractivity contribution in [3.63, 3.8) is 0 Å². The molecule has 0 aliphatic rings. The molecular weight excluding hydrogens is 224 g/mol. The minimum Gasteiger partial charge on any atom is -0.357 e. The summed E-state index contributed by atoms with van der Waals surface area (Å²) in [5.74, 6) is 3.34. The van der Waals surface area contributed by atoms with Crippen LogP contribution in [-0.2, 0) is 0 Å². The van der Waals surface area contributed by atoms with Crippen molar-refractivity contribution < 1.29 is 0 Å². The van der Waals surface area contributed by atoms with E-state index in [0.29, 0.717) is 18.6 Å². The molecule has 0 aliphatic heterocycles. The van der Waals surface area contributed by atoms with E-state index in [0.717, 1.165) is 25.6 Å². The third kappa shape index (κ3) is 7.18. The summed E-state index contributed by atoms with van der Waals surface area (Å²) in [5, 5.41) is 6.26. The van der Waals surface area contributed by atoms with Crippen LogP contribution in [0.1, 0.15) is 34.6 Å². The molecule has 0 radical (unpaired) electrons. The van der Waals surface area contributed by atoms with Crippen molar-refractivity contribution >= 4 is 5.96 Å². The van der Waals surface area contributed by atoms with Gasteiger partial charge in [0, 0.05) is 25.2 Å². The standard InChI is InChI=1S/C14H28N4/c1-7-9-16-14(15-8-2)17-10-11-18(12(3)4)13(5)6/h1,12-13H,8-11H2,2-6H3,(H2,15,16,17). The smallest absolute Gasteiger partial charge is 0.192 e. The van der Waals surface area contributed by atoms with Crippen LogP contribution < -0.4 is 10.6 Å². The molecule has 0 fully saturated rings. The van der Waals surface area contributed by atoms with Gasteiger partial charge in [-0.1, -0.05) is 5.92 Å². The van der Waals surface area contributed by atoms with E-state index < -0.39 is 0 Å². The molecule has 4 heteroatoms. The Morgan fingerprint density at radius 1 is 1.22 bits per heavy atom. The highest BCUT2D eigenvalue weighted by molar-refractivity contribution is 5.79. The maximum Gasteiger partial charge on any atom is 0.192 e. The molecule has 0 aromatic heterocycles. The first-order valence-corrected chi connectivity index (χ1v) is 6.74. The lowest BCUT2D eigenvalue weighted by atomic mass is 10.2. The van der Waals surface area contributed by atoms with Crippen LogP contribution >= 0.6 is 0 Å². The van der Waals surface area contributed by atoms with E-state index in [1.165, 1.54) is 0 Å². The molecule has 0 atom stereocenters. The molecule has 0 unspecified atom stereocenters. The molecule has 0 rings (SSSR count). The molecule has 2 N–H and O–H groups in total. The minimum atomic E-state index is 0.504. The normalized spacial score (nSPS) is 12.1. The van der Waals surface area contributed by atoms with Crippen molar-refractivity contribution in [2.75, 3.05) is 26.2 Å². The summed E-state index contributed by atoms with van der Waals surface area (Å²) in [7, 11) is 0. The van der Waals surface area contributed by atoms with Gasteiger partial charge in [0.15, 0.2) is 5.96 Å². The quantitative estimate of drug-likeness (QED) is 0.407. The zero-order valence-electron chi connectivity index (χ0n) is 12.5. The molecule has 104 valence electrons. The van der Waals surface area contributed by atoms with Crippen LogP contribution in [0.25, 0.3) is 0 Å². The number of guanidine groups is 1. The summed E-state index contributed by atoms with van der Waals surface area (Å²) < 4.78 is 0. The third-order valence-corrected chi connectivity index (χ3v) is 2.66. The molecule has 0 saturated carbocycles. The predicted molar refractivity (Wildman–Crippen MR) is 79.8 cm³/mol. The molecule has 0 aromatic rings. The van der Waals surface area contributed by atoms with Gasteiger partial charge in [-0.05, 0) is 34.6 Å². The zero-order chi connectivity index (χ0) is 14.0. The first-order chi connectivity index (χ1) is 8.52. The van der Waals surface area contributed by atoms with Gasteiger partial charge in [0.05, 0.1) is 13.1 Å². The van der Waals surface area contributed by atoms with Crippen LogP contribution in [0.4, 0.5) is 0 Å². The van der Waals surface area contributed by atoms with Gasteiger partial charge >= 0.3 is 0 Å². The SMILES string of the molecule is C#CCNC(=NCCN(C(C)C)C(C)C)NCC. The lowest BCUT2D eigenvalue weighted by Crippen LogP contribution is -2.40. The fourth-order valence-electron chi connectivity index (χ4n) is 1.87. The van der Waals surface area contributed by atoms with Gasteiger partial charge in [-0.25, -0.2) is 0 Å². The number of nitrogens with zero attached hydrogens (tertiary/aromatic N) is 2. The van der Waals surface area contributed by atoms with Crippen LogP contribution in [0.5, 0.6) is 0 Å². The van der Waals surface area contributed by atoms with Gasteiger partial charge in [-0.2, -0.15) is 0 Å². The van der Waals surface area contributed by atoms with Gasteiger partial charge in [0.25, 0.3) is 0 Å². The molecule has 0 saturated heterocycles. The zero-order valence-corrected chi connectivity index (χ0v) is 12.5. The van der Waals surface area contributed by atoms with E-state index in [2.05, 4.69) is 54.1 Å². The van der Waals surface area contributed by atoms with Gasteiger partial charge in [-0.15, -0.1) is 6.42 Å². The first-order valence-electron chi connectivity index (χ1n) is 6.74. The first kappa shape index (κ1) is 16.8. The number of hydrogen-bond donors (Lipinski definition) is 2. The molecule has 0 heterocycles. The molecular formula is C14H28N4. The minimum absolute atomic E-state index is 0.504. The number of hydrogen-bond acceptors (Lipinski definition) is 2. The van der Waals surface area contributed by atoms with Crippen molar-refractivity contribution in [1.29, 1.82) is 0 Å². The monoisotopic (exact) mass is 252 g/mol. The molecule has 0 aliphatic carbocycles. The van der Waals surface area contributed by atoms with Crippen molar-refractivity contribution in [2.24, 2.45) is 4.99 Å². The Kier molecular flexibility index (Phi) is 9.13. The van der Waals surface area contributed by atoms with Gasteiger partial charge in [-0.3, -0.25) is 9.89 Å². The van der Waals surface area contributed by atoms with Crippen molar-refractivity contribution in [3.05, 3.63) is 0 Å². The van der Waals surface area contributed by atoms with Gasteiger partial charge in [0.1, 0.15) is 0 Å². The van der Waals surface area contributed by atoms with Crippen LogP contribution in [0.2, 0.25) is 0 Å². The highest BCUT2D eigenvalue weighted by Gasteiger charge is 2.12. The fourth-order valence-corrected chi connectivity index (χ4v) is 1.87. The maximum absolute atomic E-state index is 5.23. The maximum atomic E-state index is 5.23. The second-order valence-corrected chi connectivity index (χ2v) is 4.74. The Morgan fingerprint density at radius 2 is 1.83 bits per heavy atom. The van der Waals surface area contributed by atoms with E-state index in [4.69, 9.17) is 6.42 Å². The number of aliphatic imine (C=N–C) groups is 1. The van der Waals surface area contributed by atoms with Crippen LogP contribution in [0.15, 0.2) is 4.99 Å². The lowest BCUT2D eigenvalue weighted by molar-refractivity contribution is 0.181. The largest absolute Gasteiger partial charge is 0.357 e. The topological polar surface area (TPSA) is 39.7 Å². The van der Waals surface area contributed by atoms with E-state index >= 15 is 0 Å². The van der Waals surface area contributed by atoms with Crippen molar-refractivity contribution in [2.45, 2.75) is 46.7 Å². The van der Waals surface area contributed by atoms with E-state index in [9.17, 15) is 0 Å².